The van der Waals surface area contributed by atoms with Crippen LogP contribution in [0.3, 0.4) is 0 Å². The number of anilines is 1. The molecule has 4 heterocycles. The van der Waals surface area contributed by atoms with Gasteiger partial charge in [-0.05, 0) is 12.1 Å². The van der Waals surface area contributed by atoms with Gasteiger partial charge < -0.3 is 5.73 Å². The van der Waals surface area contributed by atoms with Crippen molar-refractivity contribution in [3.8, 4) is 22.1 Å². The van der Waals surface area contributed by atoms with Crippen molar-refractivity contribution < 1.29 is 0 Å². The highest BCUT2D eigenvalue weighted by atomic mass is 32.1. The van der Waals surface area contributed by atoms with Gasteiger partial charge in [-0.25, -0.2) is 0 Å². The quantitative estimate of drug-likeness (QED) is 0.572. The summed E-state index contributed by atoms with van der Waals surface area (Å²) < 4.78 is 1.69. The van der Waals surface area contributed by atoms with Crippen LogP contribution in [-0.4, -0.2) is 35.0 Å². The molecule has 98 valence electrons. The highest BCUT2D eigenvalue weighted by Crippen LogP contribution is 2.27. The lowest BCUT2D eigenvalue weighted by Crippen LogP contribution is -1.91. The maximum atomic E-state index is 5.60. The molecule has 4 aromatic rings. The van der Waals surface area contributed by atoms with E-state index in [0.29, 0.717) is 16.6 Å². The molecule has 0 saturated carbocycles. The summed E-state index contributed by atoms with van der Waals surface area (Å²) >= 11 is 1.41. The lowest BCUT2D eigenvalue weighted by molar-refractivity contribution is 0.962. The van der Waals surface area contributed by atoms with Gasteiger partial charge >= 0.3 is 0 Å². The predicted octanol–water partition coefficient (Wildman–Crippen LogP) is 1.22. The minimum Gasteiger partial charge on any atom is -0.382 e. The van der Waals surface area contributed by atoms with Crippen molar-refractivity contribution >= 4 is 22.1 Å². The second-order valence-electron chi connectivity index (χ2n) is 4.07. The molecular weight excluding hydrogens is 276 g/mol. The van der Waals surface area contributed by atoms with E-state index in [1.807, 2.05) is 12.1 Å². The van der Waals surface area contributed by atoms with Crippen molar-refractivity contribution in [3.63, 3.8) is 0 Å². The van der Waals surface area contributed by atoms with Gasteiger partial charge in [0, 0.05) is 24.0 Å². The summed E-state index contributed by atoms with van der Waals surface area (Å²) in [6.45, 7) is 0. The number of hydrogen-bond acceptors (Lipinski definition) is 7. The zero-order chi connectivity index (χ0) is 13.5. The van der Waals surface area contributed by atoms with Crippen molar-refractivity contribution in [1.82, 2.24) is 35.0 Å². The zero-order valence-electron chi connectivity index (χ0n) is 10.1. The van der Waals surface area contributed by atoms with E-state index in [-0.39, 0.29) is 0 Å². The number of fused-ring (bicyclic) bond motifs is 1. The molecule has 8 nitrogen and oxygen atoms in total. The van der Waals surface area contributed by atoms with Crippen molar-refractivity contribution in [2.24, 2.45) is 0 Å². The molecule has 20 heavy (non-hydrogen) atoms. The Balaban J connectivity index is 1.87. The summed E-state index contributed by atoms with van der Waals surface area (Å²) in [5.41, 5.74) is 7.22. The normalized spacial score (nSPS) is 11.2. The maximum absolute atomic E-state index is 5.60. The van der Waals surface area contributed by atoms with Crippen LogP contribution in [-0.2, 0) is 0 Å². The number of aromatic nitrogens is 7. The molecule has 0 saturated heterocycles. The van der Waals surface area contributed by atoms with Gasteiger partial charge in [-0.15, -0.1) is 10.2 Å². The van der Waals surface area contributed by atoms with E-state index >= 15 is 0 Å². The van der Waals surface area contributed by atoms with Gasteiger partial charge in [-0.2, -0.15) is 14.7 Å². The van der Waals surface area contributed by atoms with Gasteiger partial charge in [-0.3, -0.25) is 10.1 Å². The first kappa shape index (κ1) is 11.1. The first-order valence-electron chi connectivity index (χ1n) is 5.75. The summed E-state index contributed by atoms with van der Waals surface area (Å²) in [6.07, 6.45) is 3.44. The van der Waals surface area contributed by atoms with Gasteiger partial charge in [0.05, 0.1) is 5.69 Å². The number of nitrogens with two attached hydrogens (primary N) is 1. The molecule has 4 aromatic heterocycles. The molecule has 0 atom stereocenters. The van der Waals surface area contributed by atoms with Crippen LogP contribution in [0.25, 0.3) is 27.1 Å². The second-order valence-corrected chi connectivity index (χ2v) is 5.03. The molecule has 4 rings (SSSR count). The highest BCUT2D eigenvalue weighted by Gasteiger charge is 2.15. The Morgan fingerprint density at radius 1 is 1.30 bits per heavy atom. The molecule has 0 radical (unpaired) electrons. The fraction of sp³-hybridized carbons (Fsp3) is 0. The van der Waals surface area contributed by atoms with Gasteiger partial charge in [0.15, 0.2) is 10.8 Å². The van der Waals surface area contributed by atoms with E-state index in [4.69, 9.17) is 5.73 Å². The maximum Gasteiger partial charge on any atom is 0.235 e. The number of nitrogens with zero attached hydrogens (tertiary/aromatic N) is 6. The molecule has 3 N–H and O–H groups in total. The summed E-state index contributed by atoms with van der Waals surface area (Å²) in [6, 6.07) is 5.49. The zero-order valence-corrected chi connectivity index (χ0v) is 10.9. The Hall–Kier alpha value is -2.81. The van der Waals surface area contributed by atoms with E-state index in [9.17, 15) is 0 Å². The molecule has 0 bridgehead atoms. The van der Waals surface area contributed by atoms with Crippen molar-refractivity contribution in [2.75, 3.05) is 5.73 Å². The molecule has 9 heteroatoms. The second kappa shape index (κ2) is 4.10. The van der Waals surface area contributed by atoms with Crippen LogP contribution >= 0.6 is 11.3 Å². The molecule has 0 aliphatic carbocycles. The van der Waals surface area contributed by atoms with Crippen LogP contribution in [0.5, 0.6) is 0 Å². The number of nitrogens with one attached hydrogen (secondary N) is 1. The van der Waals surface area contributed by atoms with Crippen LogP contribution in [0.4, 0.5) is 5.82 Å². The monoisotopic (exact) mass is 284 g/mol. The van der Waals surface area contributed by atoms with Gasteiger partial charge in [0.25, 0.3) is 0 Å². The van der Waals surface area contributed by atoms with E-state index in [1.165, 1.54) is 11.3 Å². The molecular formula is C11H8N8S. The van der Waals surface area contributed by atoms with Crippen LogP contribution in [0.1, 0.15) is 0 Å². The minimum absolute atomic E-state index is 0.429. The van der Waals surface area contributed by atoms with Crippen LogP contribution in [0.2, 0.25) is 0 Å². The van der Waals surface area contributed by atoms with Crippen molar-refractivity contribution in [2.45, 2.75) is 0 Å². The number of nitrogen functional groups attached to an aromatic ring is 1. The van der Waals surface area contributed by atoms with Crippen LogP contribution in [0, 0.1) is 0 Å². The Labute approximate surface area is 116 Å². The lowest BCUT2D eigenvalue weighted by Gasteiger charge is -1.94. The number of H-pyrrole nitrogens is 1. The number of rotatable bonds is 2. The first-order valence-corrected chi connectivity index (χ1v) is 6.57. The number of pyridine rings is 1. The largest absolute Gasteiger partial charge is 0.382 e. The number of hydrogen-bond donors (Lipinski definition) is 2. The average Bonchev–Trinajstić information content (AvgIpc) is 3.13. The molecule has 0 aromatic carbocycles. The topological polar surface area (TPSA) is 111 Å². The summed E-state index contributed by atoms with van der Waals surface area (Å²) in [5, 5.41) is 20.2. The molecule has 0 aliphatic rings. The third-order valence-electron chi connectivity index (χ3n) is 2.74. The summed E-state index contributed by atoms with van der Waals surface area (Å²) in [7, 11) is 0. The first-order chi connectivity index (χ1) is 9.81. The van der Waals surface area contributed by atoms with E-state index < -0.39 is 0 Å². The molecule has 0 fully saturated rings. The van der Waals surface area contributed by atoms with E-state index in [1.54, 1.807) is 23.0 Å². The third-order valence-corrected chi connectivity index (χ3v) is 3.67. The summed E-state index contributed by atoms with van der Waals surface area (Å²) in [5.74, 6) is 1.08. The fourth-order valence-corrected chi connectivity index (χ4v) is 2.65. The SMILES string of the molecule is Nc1cc(-c2nn3c(-c4cccnc4)nnc3s2)[nH]n1. The Bertz CT molecular complexity index is 874. The van der Waals surface area contributed by atoms with E-state index in [2.05, 4.69) is 30.5 Å². The third kappa shape index (κ3) is 1.64. The van der Waals surface area contributed by atoms with Gasteiger partial charge in [0.2, 0.25) is 4.96 Å². The highest BCUT2D eigenvalue weighted by molar-refractivity contribution is 7.19. The van der Waals surface area contributed by atoms with Gasteiger partial charge in [0.1, 0.15) is 5.82 Å². The number of aromatic amines is 1. The van der Waals surface area contributed by atoms with Gasteiger partial charge in [-0.1, -0.05) is 11.3 Å². The van der Waals surface area contributed by atoms with Crippen molar-refractivity contribution in [1.29, 1.82) is 0 Å². The predicted molar refractivity (Wildman–Crippen MR) is 73.9 cm³/mol. The Kier molecular flexibility index (Phi) is 2.27. The molecule has 0 amide bonds. The fourth-order valence-electron chi connectivity index (χ4n) is 1.85. The minimum atomic E-state index is 0.429. The standard InChI is InChI=1S/C11H8N8S/c12-8-4-7(14-15-8)10-18-19-9(16-17-11(19)20-10)6-2-1-3-13-5-6/h1-5H,(H3,12,14,15). The average molecular weight is 284 g/mol. The van der Waals surface area contributed by atoms with Crippen molar-refractivity contribution in [3.05, 3.63) is 30.6 Å². The molecule has 0 spiro atoms. The lowest BCUT2D eigenvalue weighted by atomic mass is 10.3. The molecule has 0 aliphatic heterocycles. The van der Waals surface area contributed by atoms with Crippen LogP contribution in [0.15, 0.2) is 30.6 Å². The smallest absolute Gasteiger partial charge is 0.235 e. The van der Waals surface area contributed by atoms with E-state index in [0.717, 1.165) is 16.3 Å². The Morgan fingerprint density at radius 3 is 3.00 bits per heavy atom. The van der Waals surface area contributed by atoms with Crippen LogP contribution < -0.4 is 5.73 Å². The Morgan fingerprint density at radius 2 is 2.25 bits per heavy atom. The summed E-state index contributed by atoms with van der Waals surface area (Å²) in [4.78, 5) is 4.78. The molecule has 0 unspecified atom stereocenters.